The molecule has 1 amide bonds. The molecule has 0 aliphatic carbocycles. The number of amides is 1. The van der Waals surface area contributed by atoms with Gasteiger partial charge < -0.3 is 10.1 Å². The van der Waals surface area contributed by atoms with Crippen LogP contribution in [0, 0.1) is 6.92 Å². The van der Waals surface area contributed by atoms with Gasteiger partial charge in [0, 0.05) is 4.90 Å². The van der Waals surface area contributed by atoms with E-state index in [1.54, 1.807) is 18.9 Å². The van der Waals surface area contributed by atoms with E-state index in [0.29, 0.717) is 10.1 Å². The van der Waals surface area contributed by atoms with Gasteiger partial charge in [0.05, 0.1) is 17.7 Å². The first-order valence-electron chi connectivity index (χ1n) is 7.68. The van der Waals surface area contributed by atoms with Crippen LogP contribution in [0.3, 0.4) is 0 Å². The molecule has 0 spiro atoms. The minimum absolute atomic E-state index is 0.134. The van der Waals surface area contributed by atoms with Crippen LogP contribution in [0.25, 0.3) is 6.08 Å². The zero-order valence-electron chi connectivity index (χ0n) is 14.2. The lowest BCUT2D eigenvalue weighted by Gasteiger charge is -2.06. The van der Waals surface area contributed by atoms with Crippen LogP contribution in [0.15, 0.2) is 57.3 Å². The van der Waals surface area contributed by atoms with E-state index in [-0.39, 0.29) is 5.91 Å². The van der Waals surface area contributed by atoms with E-state index in [4.69, 9.17) is 4.74 Å². The SMILES string of the molecule is COc1cc(C=C2SC(=Nc3ccccc3C)NC2=O)ccc1SC. The van der Waals surface area contributed by atoms with Crippen molar-refractivity contribution < 1.29 is 9.53 Å². The van der Waals surface area contributed by atoms with Gasteiger partial charge in [0.2, 0.25) is 0 Å². The normalized spacial score (nSPS) is 17.2. The van der Waals surface area contributed by atoms with Crippen molar-refractivity contribution in [2.24, 2.45) is 4.99 Å². The fourth-order valence-electron chi connectivity index (χ4n) is 2.37. The number of thioether (sulfide) groups is 2. The van der Waals surface area contributed by atoms with Crippen molar-refractivity contribution in [1.82, 2.24) is 5.32 Å². The van der Waals surface area contributed by atoms with Crippen molar-refractivity contribution in [3.8, 4) is 5.75 Å². The maximum absolute atomic E-state index is 12.2. The number of methoxy groups -OCH3 is 1. The van der Waals surface area contributed by atoms with E-state index in [0.717, 1.165) is 27.5 Å². The van der Waals surface area contributed by atoms with Crippen molar-refractivity contribution in [2.45, 2.75) is 11.8 Å². The summed E-state index contributed by atoms with van der Waals surface area (Å²) in [5, 5.41) is 3.42. The number of ether oxygens (including phenoxy) is 1. The van der Waals surface area contributed by atoms with Crippen LogP contribution in [-0.2, 0) is 4.79 Å². The van der Waals surface area contributed by atoms with E-state index >= 15 is 0 Å². The second-order valence-corrected chi connectivity index (χ2v) is 7.26. The molecule has 1 fully saturated rings. The van der Waals surface area contributed by atoms with Gasteiger partial charge in [0.1, 0.15) is 5.75 Å². The van der Waals surface area contributed by atoms with Crippen molar-refractivity contribution in [1.29, 1.82) is 0 Å². The van der Waals surface area contributed by atoms with Crippen LogP contribution in [0.4, 0.5) is 5.69 Å². The summed E-state index contributed by atoms with van der Waals surface area (Å²) in [6, 6.07) is 13.7. The zero-order chi connectivity index (χ0) is 17.8. The molecule has 1 N–H and O–H groups in total. The van der Waals surface area contributed by atoms with Crippen LogP contribution in [0.5, 0.6) is 5.75 Å². The maximum Gasteiger partial charge on any atom is 0.264 e. The Morgan fingerprint density at radius 2 is 2.04 bits per heavy atom. The molecule has 128 valence electrons. The molecular weight excluding hydrogens is 352 g/mol. The first-order valence-corrected chi connectivity index (χ1v) is 9.72. The smallest absolute Gasteiger partial charge is 0.264 e. The fourth-order valence-corrected chi connectivity index (χ4v) is 3.76. The summed E-state index contributed by atoms with van der Waals surface area (Å²) >= 11 is 2.97. The number of nitrogens with one attached hydrogen (secondary N) is 1. The average Bonchev–Trinajstić information content (AvgIpc) is 2.96. The first kappa shape index (κ1) is 17.6. The summed E-state index contributed by atoms with van der Waals surface area (Å²) in [5.41, 5.74) is 2.85. The van der Waals surface area contributed by atoms with Crippen LogP contribution in [0.1, 0.15) is 11.1 Å². The Kier molecular flexibility index (Phi) is 5.50. The number of benzene rings is 2. The Hall–Kier alpha value is -2.18. The Morgan fingerprint density at radius 1 is 1.24 bits per heavy atom. The molecule has 0 unspecified atom stereocenters. The summed E-state index contributed by atoms with van der Waals surface area (Å²) in [6.45, 7) is 2.00. The maximum atomic E-state index is 12.2. The van der Waals surface area contributed by atoms with Gasteiger partial charge in [-0.05, 0) is 60.3 Å². The fraction of sp³-hybridized carbons (Fsp3) is 0.158. The third kappa shape index (κ3) is 4.08. The molecule has 0 radical (unpaired) electrons. The lowest BCUT2D eigenvalue weighted by Crippen LogP contribution is -2.19. The highest BCUT2D eigenvalue weighted by atomic mass is 32.2. The minimum atomic E-state index is -0.134. The highest BCUT2D eigenvalue weighted by Gasteiger charge is 2.24. The zero-order valence-corrected chi connectivity index (χ0v) is 15.8. The van der Waals surface area contributed by atoms with E-state index in [9.17, 15) is 4.79 Å². The number of nitrogens with zero attached hydrogens (tertiary/aromatic N) is 1. The molecule has 25 heavy (non-hydrogen) atoms. The molecule has 4 nitrogen and oxygen atoms in total. The predicted molar refractivity (Wildman–Crippen MR) is 107 cm³/mol. The average molecular weight is 370 g/mol. The molecule has 0 bridgehead atoms. The Morgan fingerprint density at radius 3 is 2.76 bits per heavy atom. The first-order chi connectivity index (χ1) is 12.1. The molecule has 6 heteroatoms. The molecule has 2 aromatic rings. The highest BCUT2D eigenvalue weighted by Crippen LogP contribution is 2.32. The molecular formula is C19H18N2O2S2. The van der Waals surface area contributed by atoms with Crippen molar-refractivity contribution >= 4 is 46.4 Å². The lowest BCUT2D eigenvalue weighted by atomic mass is 10.2. The van der Waals surface area contributed by atoms with E-state index in [2.05, 4.69) is 10.3 Å². The number of para-hydroxylation sites is 1. The van der Waals surface area contributed by atoms with E-state index in [1.807, 2.05) is 61.7 Å². The second-order valence-electron chi connectivity index (χ2n) is 5.38. The summed E-state index contributed by atoms with van der Waals surface area (Å²) in [5.74, 6) is 0.671. The van der Waals surface area contributed by atoms with Crippen LogP contribution < -0.4 is 10.1 Å². The largest absolute Gasteiger partial charge is 0.496 e. The number of carbonyl (C=O) groups is 1. The van der Waals surface area contributed by atoms with Gasteiger partial charge in [-0.15, -0.1) is 11.8 Å². The molecule has 0 atom stereocenters. The molecule has 1 aliphatic rings. The monoisotopic (exact) mass is 370 g/mol. The Labute approximate surface area is 155 Å². The molecule has 0 aromatic heterocycles. The summed E-state index contributed by atoms with van der Waals surface area (Å²) in [7, 11) is 1.65. The van der Waals surface area contributed by atoms with Gasteiger partial charge in [0.25, 0.3) is 5.91 Å². The van der Waals surface area contributed by atoms with Gasteiger partial charge in [-0.1, -0.05) is 24.3 Å². The molecule has 1 saturated heterocycles. The quantitative estimate of drug-likeness (QED) is 0.630. The van der Waals surface area contributed by atoms with Gasteiger partial charge in [-0.25, -0.2) is 4.99 Å². The summed E-state index contributed by atoms with van der Waals surface area (Å²) in [4.78, 5) is 18.4. The number of amidine groups is 1. The molecule has 0 saturated carbocycles. The van der Waals surface area contributed by atoms with Crippen molar-refractivity contribution in [3.05, 3.63) is 58.5 Å². The Balaban J connectivity index is 1.86. The Bertz CT molecular complexity index is 875. The number of aliphatic imine (C=N–C) groups is 1. The lowest BCUT2D eigenvalue weighted by molar-refractivity contribution is -0.115. The molecule has 2 aromatic carbocycles. The second kappa shape index (κ2) is 7.80. The molecule has 3 rings (SSSR count). The van der Waals surface area contributed by atoms with Crippen LogP contribution >= 0.6 is 23.5 Å². The van der Waals surface area contributed by atoms with Gasteiger partial charge in [0.15, 0.2) is 5.17 Å². The van der Waals surface area contributed by atoms with Crippen molar-refractivity contribution in [3.63, 3.8) is 0 Å². The molecule has 1 heterocycles. The molecule has 1 aliphatic heterocycles. The van der Waals surface area contributed by atoms with Crippen LogP contribution in [-0.4, -0.2) is 24.4 Å². The van der Waals surface area contributed by atoms with E-state index < -0.39 is 0 Å². The minimum Gasteiger partial charge on any atom is -0.496 e. The number of aryl methyl sites for hydroxylation is 1. The number of hydrogen-bond acceptors (Lipinski definition) is 5. The van der Waals surface area contributed by atoms with E-state index in [1.165, 1.54) is 11.8 Å². The third-order valence-electron chi connectivity index (χ3n) is 3.69. The standard InChI is InChI=1S/C19H18N2O2S2/c1-12-6-4-5-7-14(12)20-19-21-18(22)17(25-19)11-13-8-9-16(24-3)15(10-13)23-2/h4-11H,1-3H3,(H,20,21,22). The highest BCUT2D eigenvalue weighted by molar-refractivity contribution is 8.18. The summed E-state index contributed by atoms with van der Waals surface area (Å²) < 4.78 is 5.40. The van der Waals surface area contributed by atoms with Gasteiger partial charge in [-0.3, -0.25) is 4.79 Å². The van der Waals surface area contributed by atoms with Gasteiger partial charge in [-0.2, -0.15) is 0 Å². The van der Waals surface area contributed by atoms with Gasteiger partial charge >= 0.3 is 0 Å². The summed E-state index contributed by atoms with van der Waals surface area (Å²) in [6.07, 6.45) is 3.86. The predicted octanol–water partition coefficient (Wildman–Crippen LogP) is 4.62. The number of carbonyl (C=O) groups excluding carboxylic acids is 1. The van der Waals surface area contributed by atoms with Crippen LogP contribution in [0.2, 0.25) is 0 Å². The topological polar surface area (TPSA) is 50.7 Å². The third-order valence-corrected chi connectivity index (χ3v) is 5.38. The number of hydrogen-bond donors (Lipinski definition) is 1. The number of rotatable bonds is 4. The van der Waals surface area contributed by atoms with Crippen molar-refractivity contribution in [2.75, 3.05) is 13.4 Å².